The quantitative estimate of drug-likeness (QED) is 0.521. The summed E-state index contributed by atoms with van der Waals surface area (Å²) in [7, 11) is 11.9. The van der Waals surface area contributed by atoms with E-state index in [1.807, 2.05) is 4.57 Å². The molecule has 2 N–H and O–H groups in total. The molecule has 1 aliphatic rings. The lowest BCUT2D eigenvalue weighted by Crippen LogP contribution is -2.38. The summed E-state index contributed by atoms with van der Waals surface area (Å²) in [6.45, 7) is 4.95. The van der Waals surface area contributed by atoms with Crippen molar-refractivity contribution in [1.29, 1.82) is 0 Å². The van der Waals surface area contributed by atoms with E-state index in [9.17, 15) is 4.79 Å². The highest BCUT2D eigenvalue weighted by Gasteiger charge is 2.14. The number of nitrogens with one attached hydrogen (secondary N) is 2. The molecule has 0 saturated carbocycles. The van der Waals surface area contributed by atoms with Crippen LogP contribution in [0, 0.1) is 0 Å². The van der Waals surface area contributed by atoms with Crippen LogP contribution in [-0.4, -0.2) is 73.0 Å². The summed E-state index contributed by atoms with van der Waals surface area (Å²) in [5.74, 6) is 0.273. The molecule has 3 heterocycles. The fraction of sp³-hybridized carbons (Fsp3) is 0.389. The van der Waals surface area contributed by atoms with Gasteiger partial charge < -0.3 is 14.6 Å². The van der Waals surface area contributed by atoms with Crippen LogP contribution in [0.4, 0.5) is 5.95 Å². The first-order valence-electron chi connectivity index (χ1n) is 9.45. The molecule has 1 saturated heterocycles. The van der Waals surface area contributed by atoms with Gasteiger partial charge >= 0.3 is 0 Å². The van der Waals surface area contributed by atoms with Crippen LogP contribution in [-0.2, 0) is 17.8 Å². The Morgan fingerprint density at radius 1 is 1.20 bits per heavy atom. The zero-order chi connectivity index (χ0) is 21.3. The molecular weight excluding hydrogens is 425 g/mol. The van der Waals surface area contributed by atoms with E-state index in [-0.39, 0.29) is 28.5 Å². The van der Waals surface area contributed by atoms with Crippen molar-refractivity contribution in [2.45, 2.75) is 13.1 Å². The number of hydrogen-bond acceptors (Lipinski definition) is 6. The molecule has 30 heavy (non-hydrogen) atoms. The SMILES string of the molecule is [B]c1c(CNc2nc3ncn(CCN4CCOCC4)c3c(=O)[nH]2)cc(Cl)c(Cl)c1[B]. The van der Waals surface area contributed by atoms with E-state index in [0.717, 1.165) is 32.8 Å². The Morgan fingerprint density at radius 3 is 2.73 bits per heavy atom. The van der Waals surface area contributed by atoms with E-state index in [2.05, 4.69) is 25.2 Å². The monoisotopic (exact) mass is 442 g/mol. The highest BCUT2D eigenvalue weighted by Crippen LogP contribution is 2.19. The summed E-state index contributed by atoms with van der Waals surface area (Å²) < 4.78 is 7.18. The molecule has 152 valence electrons. The minimum Gasteiger partial charge on any atom is -0.379 e. The third kappa shape index (κ3) is 4.37. The molecule has 0 unspecified atom stereocenters. The van der Waals surface area contributed by atoms with Gasteiger partial charge in [0.05, 0.1) is 29.6 Å². The number of nitrogens with zero attached hydrogens (tertiary/aromatic N) is 4. The Balaban J connectivity index is 1.49. The Bertz CT molecular complexity index is 1130. The van der Waals surface area contributed by atoms with Gasteiger partial charge in [-0.05, 0) is 11.6 Å². The fourth-order valence-electron chi connectivity index (χ4n) is 3.35. The first kappa shape index (κ1) is 21.2. The molecular formula is C18H18B2Cl2N6O2. The fourth-order valence-corrected chi connectivity index (χ4v) is 3.74. The molecule has 8 nitrogen and oxygen atoms in total. The van der Waals surface area contributed by atoms with E-state index in [4.69, 9.17) is 43.6 Å². The Hall–Kier alpha value is -2.00. The van der Waals surface area contributed by atoms with Gasteiger partial charge in [0.15, 0.2) is 11.2 Å². The van der Waals surface area contributed by atoms with E-state index in [1.165, 1.54) is 0 Å². The van der Waals surface area contributed by atoms with Crippen LogP contribution in [0.1, 0.15) is 5.56 Å². The number of imidazole rings is 1. The van der Waals surface area contributed by atoms with Crippen LogP contribution in [0.15, 0.2) is 17.2 Å². The van der Waals surface area contributed by atoms with Crippen molar-refractivity contribution in [3.8, 4) is 0 Å². The number of ether oxygens (including phenoxy) is 1. The topological polar surface area (TPSA) is 88.1 Å². The van der Waals surface area contributed by atoms with Crippen molar-refractivity contribution in [1.82, 2.24) is 24.4 Å². The normalized spacial score (nSPS) is 15.0. The summed E-state index contributed by atoms with van der Waals surface area (Å²) in [5, 5.41) is 3.54. The van der Waals surface area contributed by atoms with Gasteiger partial charge in [-0.1, -0.05) is 34.1 Å². The zero-order valence-corrected chi connectivity index (χ0v) is 17.6. The van der Waals surface area contributed by atoms with Gasteiger partial charge in [-0.3, -0.25) is 14.7 Å². The van der Waals surface area contributed by atoms with Gasteiger partial charge in [-0.15, -0.1) is 0 Å². The lowest BCUT2D eigenvalue weighted by Gasteiger charge is -2.26. The molecule has 3 aromatic rings. The summed E-state index contributed by atoms with van der Waals surface area (Å²) in [4.78, 5) is 26.4. The van der Waals surface area contributed by atoms with Crippen LogP contribution in [0.2, 0.25) is 10.0 Å². The predicted molar refractivity (Wildman–Crippen MR) is 120 cm³/mol. The number of hydrogen-bond donors (Lipinski definition) is 2. The second-order valence-electron chi connectivity index (χ2n) is 6.99. The van der Waals surface area contributed by atoms with Crippen molar-refractivity contribution in [3.05, 3.63) is 38.4 Å². The number of rotatable bonds is 6. The van der Waals surface area contributed by atoms with Crippen molar-refractivity contribution in [2.75, 3.05) is 38.2 Å². The van der Waals surface area contributed by atoms with Crippen LogP contribution in [0.25, 0.3) is 11.2 Å². The van der Waals surface area contributed by atoms with Crippen LogP contribution in [0.5, 0.6) is 0 Å². The molecule has 1 aromatic carbocycles. The molecule has 1 fully saturated rings. The number of morpholine rings is 1. The molecule has 1 aliphatic heterocycles. The average Bonchev–Trinajstić information content (AvgIpc) is 3.16. The second kappa shape index (κ2) is 9.01. The van der Waals surface area contributed by atoms with Crippen molar-refractivity contribution in [2.24, 2.45) is 0 Å². The summed E-state index contributed by atoms with van der Waals surface area (Å²) in [6.07, 6.45) is 1.63. The van der Waals surface area contributed by atoms with Crippen LogP contribution in [0.3, 0.4) is 0 Å². The van der Waals surface area contributed by atoms with Crippen molar-refractivity contribution < 1.29 is 4.74 Å². The van der Waals surface area contributed by atoms with Crippen LogP contribution >= 0.6 is 23.2 Å². The third-order valence-corrected chi connectivity index (χ3v) is 5.88. The predicted octanol–water partition coefficient (Wildman–Crippen LogP) is -0.0417. The molecule has 2 aromatic heterocycles. The van der Waals surface area contributed by atoms with Gasteiger partial charge in [-0.25, -0.2) is 4.98 Å². The van der Waals surface area contributed by atoms with E-state index in [0.29, 0.717) is 33.8 Å². The molecule has 0 aliphatic carbocycles. The number of anilines is 1. The Morgan fingerprint density at radius 2 is 1.97 bits per heavy atom. The number of benzene rings is 1. The van der Waals surface area contributed by atoms with Gasteiger partial charge in [0.1, 0.15) is 15.7 Å². The molecule has 4 radical (unpaired) electrons. The highest BCUT2D eigenvalue weighted by molar-refractivity contribution is 6.57. The lowest BCUT2D eigenvalue weighted by molar-refractivity contribution is 0.0365. The first-order valence-corrected chi connectivity index (χ1v) is 10.2. The summed E-state index contributed by atoms with van der Waals surface area (Å²) >= 11 is 12.1. The number of fused-ring (bicyclic) bond motifs is 1. The van der Waals surface area contributed by atoms with Crippen molar-refractivity contribution in [3.63, 3.8) is 0 Å². The smallest absolute Gasteiger partial charge is 0.278 e. The number of aromatic amines is 1. The lowest BCUT2D eigenvalue weighted by atomic mass is 9.77. The molecule has 12 heteroatoms. The number of halogens is 2. The van der Waals surface area contributed by atoms with E-state index >= 15 is 0 Å². The minimum absolute atomic E-state index is 0.216. The maximum absolute atomic E-state index is 12.7. The highest BCUT2D eigenvalue weighted by atomic mass is 35.5. The Kier molecular flexibility index (Phi) is 6.38. The molecule has 4 rings (SSSR count). The molecule has 0 amide bonds. The summed E-state index contributed by atoms with van der Waals surface area (Å²) in [6, 6.07) is 1.62. The first-order chi connectivity index (χ1) is 14.4. The number of aromatic nitrogens is 4. The second-order valence-corrected chi connectivity index (χ2v) is 7.78. The van der Waals surface area contributed by atoms with E-state index in [1.54, 1.807) is 12.4 Å². The maximum Gasteiger partial charge on any atom is 0.278 e. The molecule has 0 atom stereocenters. The minimum atomic E-state index is -0.274. The average molecular weight is 443 g/mol. The number of H-pyrrole nitrogens is 1. The standard InChI is InChI=1S/C18H18B2Cl2N6O2/c19-12-10(7-11(21)14(22)13(12)20)8-23-18-25-16-15(17(29)26-18)28(9-24-16)2-1-27-3-5-30-6-4-27/h7,9H,1-6,8H2,(H2,23,25,26,29). The zero-order valence-electron chi connectivity index (χ0n) is 16.1. The van der Waals surface area contributed by atoms with Crippen LogP contribution < -0.4 is 21.8 Å². The largest absolute Gasteiger partial charge is 0.379 e. The molecule has 0 bridgehead atoms. The van der Waals surface area contributed by atoms with Crippen molar-refractivity contribution >= 4 is 66.9 Å². The van der Waals surface area contributed by atoms with Gasteiger partial charge in [0.2, 0.25) is 5.95 Å². The maximum atomic E-state index is 12.7. The van der Waals surface area contributed by atoms with Gasteiger partial charge in [0.25, 0.3) is 5.56 Å². The third-order valence-electron chi connectivity index (χ3n) is 5.07. The molecule has 0 spiro atoms. The Labute approximate surface area is 185 Å². The van der Waals surface area contributed by atoms with Gasteiger partial charge in [0, 0.05) is 32.7 Å². The summed E-state index contributed by atoms with van der Waals surface area (Å²) in [5.41, 5.74) is 1.71. The van der Waals surface area contributed by atoms with Gasteiger partial charge in [-0.2, -0.15) is 4.98 Å². The van der Waals surface area contributed by atoms with E-state index < -0.39 is 0 Å².